The van der Waals surface area contributed by atoms with Crippen molar-refractivity contribution in [2.24, 2.45) is 7.05 Å². The topological polar surface area (TPSA) is 55.6 Å². The summed E-state index contributed by atoms with van der Waals surface area (Å²) in [7, 11) is 1.85. The summed E-state index contributed by atoms with van der Waals surface area (Å²) in [6, 6.07) is 10.2. The Hall–Kier alpha value is -2.43. The first kappa shape index (κ1) is 10.7. The van der Waals surface area contributed by atoms with E-state index in [1.807, 2.05) is 25.2 Å². The Morgan fingerprint density at radius 2 is 2.06 bits per heavy atom. The van der Waals surface area contributed by atoms with Crippen molar-refractivity contribution in [2.75, 3.05) is 5.32 Å². The fourth-order valence-electron chi connectivity index (χ4n) is 1.89. The van der Waals surface area contributed by atoms with Gasteiger partial charge in [-0.2, -0.15) is 5.10 Å². The van der Waals surface area contributed by atoms with Crippen molar-refractivity contribution in [1.82, 2.24) is 19.7 Å². The molecule has 0 radical (unpaired) electrons. The van der Waals surface area contributed by atoms with E-state index in [1.165, 1.54) is 5.39 Å². The van der Waals surface area contributed by atoms with Crippen LogP contribution in [0.3, 0.4) is 0 Å². The van der Waals surface area contributed by atoms with Gasteiger partial charge in [-0.15, -0.1) is 0 Å². The Kier molecular flexibility index (Phi) is 2.64. The second-order valence-corrected chi connectivity index (χ2v) is 4.07. The summed E-state index contributed by atoms with van der Waals surface area (Å²) in [4.78, 5) is 8.53. The molecule has 2 heterocycles. The zero-order chi connectivity index (χ0) is 12.4. The summed E-state index contributed by atoms with van der Waals surface area (Å²) in [5.41, 5.74) is 0. The van der Waals surface area contributed by atoms with Crippen molar-refractivity contribution in [3.05, 3.63) is 48.7 Å². The molecule has 1 N–H and O–H groups in total. The average molecular weight is 239 g/mol. The van der Waals surface area contributed by atoms with Crippen molar-refractivity contribution in [2.45, 2.75) is 6.54 Å². The van der Waals surface area contributed by atoms with Crippen molar-refractivity contribution in [3.63, 3.8) is 0 Å². The molecule has 3 aromatic rings. The maximum Gasteiger partial charge on any atom is 0.169 e. The van der Waals surface area contributed by atoms with Crippen LogP contribution >= 0.6 is 0 Å². The predicted octanol–water partition coefficient (Wildman–Crippen LogP) is 1.98. The molecule has 0 bridgehead atoms. The van der Waals surface area contributed by atoms with Crippen LogP contribution in [0.1, 0.15) is 5.82 Å². The zero-order valence-electron chi connectivity index (χ0n) is 10.0. The number of pyridine rings is 1. The lowest BCUT2D eigenvalue weighted by Crippen LogP contribution is -2.04. The van der Waals surface area contributed by atoms with Crippen LogP contribution in [-0.4, -0.2) is 19.7 Å². The molecule has 0 aliphatic carbocycles. The second kappa shape index (κ2) is 4.44. The van der Waals surface area contributed by atoms with Gasteiger partial charge in [0, 0.05) is 18.6 Å². The first-order chi connectivity index (χ1) is 8.83. The predicted molar refractivity (Wildman–Crippen MR) is 70.1 cm³/mol. The molecular formula is C13H13N5. The van der Waals surface area contributed by atoms with Crippen molar-refractivity contribution in [1.29, 1.82) is 0 Å². The van der Waals surface area contributed by atoms with Gasteiger partial charge in [0.05, 0.1) is 6.54 Å². The molecule has 0 aliphatic heterocycles. The minimum Gasteiger partial charge on any atom is -0.362 e. The molecule has 1 aromatic carbocycles. The first-order valence-corrected chi connectivity index (χ1v) is 5.75. The molecule has 0 unspecified atom stereocenters. The minimum atomic E-state index is 0.571. The lowest BCUT2D eigenvalue weighted by atomic mass is 10.1. The van der Waals surface area contributed by atoms with Gasteiger partial charge in [-0.3, -0.25) is 4.68 Å². The number of aryl methyl sites for hydroxylation is 1. The van der Waals surface area contributed by atoms with Gasteiger partial charge < -0.3 is 5.32 Å². The SMILES string of the molecule is Cn1cnc(CNc2nccc3ccccc23)n1. The number of hydrogen-bond acceptors (Lipinski definition) is 4. The molecule has 0 fully saturated rings. The second-order valence-electron chi connectivity index (χ2n) is 4.07. The average Bonchev–Trinajstić information content (AvgIpc) is 2.82. The van der Waals surface area contributed by atoms with Gasteiger partial charge >= 0.3 is 0 Å². The Bertz CT molecular complexity index is 668. The summed E-state index contributed by atoms with van der Waals surface area (Å²) < 4.78 is 1.69. The first-order valence-electron chi connectivity index (χ1n) is 5.75. The maximum atomic E-state index is 4.36. The summed E-state index contributed by atoms with van der Waals surface area (Å²) in [5, 5.41) is 9.77. The molecule has 0 spiro atoms. The summed E-state index contributed by atoms with van der Waals surface area (Å²) in [5.74, 6) is 1.62. The highest BCUT2D eigenvalue weighted by Crippen LogP contribution is 2.20. The smallest absolute Gasteiger partial charge is 0.169 e. The van der Waals surface area contributed by atoms with Crippen molar-refractivity contribution in [3.8, 4) is 0 Å². The normalized spacial score (nSPS) is 10.7. The molecule has 90 valence electrons. The van der Waals surface area contributed by atoms with Gasteiger partial charge in [0.2, 0.25) is 0 Å². The molecule has 18 heavy (non-hydrogen) atoms. The zero-order valence-corrected chi connectivity index (χ0v) is 10.0. The van der Waals surface area contributed by atoms with Crippen LogP contribution in [0.4, 0.5) is 5.82 Å². The molecule has 3 rings (SSSR count). The quantitative estimate of drug-likeness (QED) is 0.759. The third-order valence-corrected chi connectivity index (χ3v) is 2.73. The number of anilines is 1. The van der Waals surface area contributed by atoms with Gasteiger partial charge in [0.25, 0.3) is 0 Å². The molecule has 0 atom stereocenters. The van der Waals surface area contributed by atoms with Crippen LogP contribution in [0.15, 0.2) is 42.9 Å². The lowest BCUT2D eigenvalue weighted by Gasteiger charge is -2.06. The summed E-state index contributed by atoms with van der Waals surface area (Å²) in [6.45, 7) is 0.571. The third-order valence-electron chi connectivity index (χ3n) is 2.73. The summed E-state index contributed by atoms with van der Waals surface area (Å²) in [6.07, 6.45) is 3.49. The number of hydrogen-bond donors (Lipinski definition) is 1. The van der Waals surface area contributed by atoms with Crippen LogP contribution < -0.4 is 5.32 Å². The number of nitrogens with zero attached hydrogens (tertiary/aromatic N) is 4. The third kappa shape index (κ3) is 2.02. The maximum absolute atomic E-state index is 4.36. The number of nitrogens with one attached hydrogen (secondary N) is 1. The lowest BCUT2D eigenvalue weighted by molar-refractivity contribution is 0.747. The molecule has 0 amide bonds. The van der Waals surface area contributed by atoms with E-state index in [-0.39, 0.29) is 0 Å². The van der Waals surface area contributed by atoms with E-state index in [4.69, 9.17) is 0 Å². The molecule has 5 heteroatoms. The highest BCUT2D eigenvalue weighted by molar-refractivity contribution is 5.91. The Balaban J connectivity index is 1.86. The Labute approximate surface area is 104 Å². The van der Waals surface area contributed by atoms with Crippen LogP contribution in [0, 0.1) is 0 Å². The van der Waals surface area contributed by atoms with Gasteiger partial charge in [-0.05, 0) is 11.5 Å². The van der Waals surface area contributed by atoms with E-state index in [0.717, 1.165) is 17.0 Å². The standard InChI is InChI=1S/C13H13N5/c1-18-9-16-12(17-18)8-15-13-11-5-3-2-4-10(11)6-7-14-13/h2-7,9H,8H2,1H3,(H,14,15). The minimum absolute atomic E-state index is 0.571. The van der Waals surface area contributed by atoms with Gasteiger partial charge in [-0.25, -0.2) is 9.97 Å². The molecule has 5 nitrogen and oxygen atoms in total. The molecular weight excluding hydrogens is 226 g/mol. The summed E-state index contributed by atoms with van der Waals surface area (Å²) >= 11 is 0. The highest BCUT2D eigenvalue weighted by atomic mass is 15.3. The highest BCUT2D eigenvalue weighted by Gasteiger charge is 2.03. The molecule has 0 aliphatic rings. The fraction of sp³-hybridized carbons (Fsp3) is 0.154. The molecule has 2 aromatic heterocycles. The van der Waals surface area contributed by atoms with Crippen LogP contribution in [-0.2, 0) is 13.6 Å². The van der Waals surface area contributed by atoms with E-state index in [2.05, 4.69) is 32.5 Å². The van der Waals surface area contributed by atoms with E-state index < -0.39 is 0 Å². The van der Waals surface area contributed by atoms with Crippen molar-refractivity contribution >= 4 is 16.6 Å². The van der Waals surface area contributed by atoms with E-state index in [0.29, 0.717) is 6.54 Å². The number of fused-ring (bicyclic) bond motifs is 1. The Morgan fingerprint density at radius 1 is 1.17 bits per heavy atom. The largest absolute Gasteiger partial charge is 0.362 e. The Morgan fingerprint density at radius 3 is 2.89 bits per heavy atom. The van der Waals surface area contributed by atoms with Gasteiger partial charge in [0.1, 0.15) is 12.1 Å². The molecule has 0 saturated heterocycles. The van der Waals surface area contributed by atoms with E-state index in [9.17, 15) is 0 Å². The number of benzene rings is 1. The van der Waals surface area contributed by atoms with Gasteiger partial charge in [0.15, 0.2) is 5.82 Å². The van der Waals surface area contributed by atoms with Crippen molar-refractivity contribution < 1.29 is 0 Å². The fourth-order valence-corrected chi connectivity index (χ4v) is 1.89. The number of aromatic nitrogens is 4. The van der Waals surface area contributed by atoms with E-state index >= 15 is 0 Å². The van der Waals surface area contributed by atoms with Crippen LogP contribution in [0.25, 0.3) is 10.8 Å². The van der Waals surface area contributed by atoms with Crippen LogP contribution in [0.2, 0.25) is 0 Å². The number of rotatable bonds is 3. The van der Waals surface area contributed by atoms with Gasteiger partial charge in [-0.1, -0.05) is 24.3 Å². The van der Waals surface area contributed by atoms with E-state index in [1.54, 1.807) is 17.2 Å². The molecule has 0 saturated carbocycles. The van der Waals surface area contributed by atoms with Crippen LogP contribution in [0.5, 0.6) is 0 Å². The monoisotopic (exact) mass is 239 g/mol.